The number of carbonyl (C=O) groups is 11. The fourth-order valence-electron chi connectivity index (χ4n) is 7.12. The molecule has 0 aliphatic carbocycles. The SMILES string of the molecule is CC[C@H](C)[C@H](NC(=O)[C@H](Cc1ccc(O)cc1)NC(=O)[C@@H](N)CS)C(=O)N[C@@H](CCC(N)=O)C(=O)N[C@@H](CC(N)=O)C(=O)N[C@@H](CS)C(=O)N1CCC[C@@H]1C(=O)N[C@@H](CC(C)C)C(=O)NCC(N)=O. The van der Waals surface area contributed by atoms with Crippen LogP contribution in [0.1, 0.15) is 78.2 Å². The third kappa shape index (κ3) is 19.8. The average molecular weight is 1010 g/mol. The Morgan fingerprint density at radius 3 is 1.83 bits per heavy atom. The summed E-state index contributed by atoms with van der Waals surface area (Å²) in [6, 6.07) is -4.84. The number of amides is 11. The molecule has 0 radical (unpaired) electrons. The number of nitrogens with one attached hydrogen (secondary N) is 7. The van der Waals surface area contributed by atoms with Gasteiger partial charge < -0.3 is 70.2 Å². The van der Waals surface area contributed by atoms with E-state index in [2.05, 4.69) is 62.5 Å². The lowest BCUT2D eigenvalue weighted by Crippen LogP contribution is -2.61. The van der Waals surface area contributed by atoms with Crippen LogP contribution < -0.4 is 60.2 Å². The van der Waals surface area contributed by atoms with E-state index in [1.807, 2.05) is 13.8 Å². The van der Waals surface area contributed by atoms with Gasteiger partial charge >= 0.3 is 0 Å². The lowest BCUT2D eigenvalue weighted by Gasteiger charge is -2.30. The molecule has 0 unspecified atom stereocenters. The largest absolute Gasteiger partial charge is 0.508 e. The smallest absolute Gasteiger partial charge is 0.246 e. The van der Waals surface area contributed by atoms with Crippen molar-refractivity contribution in [1.82, 2.24) is 42.1 Å². The Bertz CT molecular complexity index is 2010. The van der Waals surface area contributed by atoms with Gasteiger partial charge in [-0.3, -0.25) is 52.7 Å². The summed E-state index contributed by atoms with van der Waals surface area (Å²) in [5, 5.41) is 27.2. The van der Waals surface area contributed by atoms with Gasteiger partial charge in [-0.1, -0.05) is 46.2 Å². The first-order valence-corrected chi connectivity index (χ1v) is 23.7. The first kappa shape index (κ1) is 59.0. The summed E-state index contributed by atoms with van der Waals surface area (Å²) >= 11 is 8.28. The van der Waals surface area contributed by atoms with Crippen molar-refractivity contribution in [3.8, 4) is 5.75 Å². The molecule has 9 atom stereocenters. The van der Waals surface area contributed by atoms with Crippen molar-refractivity contribution < 1.29 is 57.8 Å². The van der Waals surface area contributed by atoms with Crippen molar-refractivity contribution in [3.63, 3.8) is 0 Å². The number of nitrogens with zero attached hydrogens (tertiary/aromatic N) is 1. The number of nitrogens with two attached hydrogens (primary N) is 4. The number of thiol groups is 2. The van der Waals surface area contributed by atoms with E-state index in [1.165, 1.54) is 29.2 Å². The van der Waals surface area contributed by atoms with Crippen molar-refractivity contribution in [3.05, 3.63) is 29.8 Å². The summed E-state index contributed by atoms with van der Waals surface area (Å²) in [5.41, 5.74) is 22.4. The molecule has 24 nitrogen and oxygen atoms in total. The Kier molecular flexibility index (Phi) is 24.8. The highest BCUT2D eigenvalue weighted by atomic mass is 32.1. The van der Waals surface area contributed by atoms with E-state index < -0.39 is 145 Å². The third-order valence-electron chi connectivity index (χ3n) is 11.1. The maximum atomic E-state index is 14.0. The van der Waals surface area contributed by atoms with Gasteiger partial charge in [0.15, 0.2) is 0 Å². The number of primary amides is 3. The normalized spacial score (nSPS) is 16.8. The molecule has 0 aromatic heterocycles. The standard InChI is InChI=1S/C43H68N12O12S2/c1-5-22(4)35(54-40(64)28(50-36(60)25(44)19-68)16-23-8-10-24(56)11-9-23)42(66)49-26(12-13-32(45)57)38(62)51-29(17-33(46)58)39(63)53-30(20-69)43(67)55-14-6-7-31(55)41(65)52-27(15-21(2)3)37(61)48-18-34(47)59/h8-11,21-22,25-31,35,56,68-69H,5-7,12-20,44H2,1-4H3,(H2,45,57)(H2,46,58)(H2,47,59)(H,48,61)(H,49,66)(H,50,60)(H,51,62)(H,52,65)(H,53,63)(H,54,64)/t22-,25-,26-,27-,28-,29-,30-,31+,35-/m0/s1. The van der Waals surface area contributed by atoms with Gasteiger partial charge in [0, 0.05) is 30.9 Å². The van der Waals surface area contributed by atoms with Crippen LogP contribution in [-0.2, 0) is 59.2 Å². The number of phenols is 1. The van der Waals surface area contributed by atoms with Crippen LogP contribution in [0.25, 0.3) is 0 Å². The molecule has 16 N–H and O–H groups in total. The van der Waals surface area contributed by atoms with Crippen LogP contribution in [0.4, 0.5) is 0 Å². The fraction of sp³-hybridized carbons (Fsp3) is 0.605. The molecular weight excluding hydrogens is 941 g/mol. The van der Waals surface area contributed by atoms with Gasteiger partial charge in [0.1, 0.15) is 48.0 Å². The Balaban J connectivity index is 2.34. The summed E-state index contributed by atoms with van der Waals surface area (Å²) in [6.45, 7) is 6.61. The van der Waals surface area contributed by atoms with Crippen LogP contribution in [0.2, 0.25) is 0 Å². The molecule has 1 fully saturated rings. The zero-order chi connectivity index (χ0) is 52.1. The molecule has 1 aliphatic heterocycles. The second-order valence-electron chi connectivity index (χ2n) is 17.2. The Morgan fingerprint density at radius 1 is 0.696 bits per heavy atom. The predicted octanol–water partition coefficient (Wildman–Crippen LogP) is -4.14. The van der Waals surface area contributed by atoms with E-state index in [0.29, 0.717) is 18.4 Å². The van der Waals surface area contributed by atoms with E-state index in [0.717, 1.165) is 0 Å². The van der Waals surface area contributed by atoms with Crippen molar-refractivity contribution in [1.29, 1.82) is 0 Å². The molecule has 1 aromatic rings. The quantitative estimate of drug-likeness (QED) is 0.0340. The zero-order valence-electron chi connectivity index (χ0n) is 39.2. The monoisotopic (exact) mass is 1010 g/mol. The van der Waals surface area contributed by atoms with E-state index >= 15 is 0 Å². The molecule has 1 saturated heterocycles. The molecule has 11 amide bonds. The highest BCUT2D eigenvalue weighted by molar-refractivity contribution is 7.80. The zero-order valence-corrected chi connectivity index (χ0v) is 40.9. The second kappa shape index (κ2) is 29.0. The number of aromatic hydroxyl groups is 1. The van der Waals surface area contributed by atoms with Crippen LogP contribution in [0.15, 0.2) is 24.3 Å². The maximum absolute atomic E-state index is 14.0. The number of hydrogen-bond donors (Lipinski definition) is 14. The van der Waals surface area contributed by atoms with Crippen LogP contribution >= 0.6 is 25.3 Å². The topological polar surface area (TPSA) is 400 Å². The Labute approximate surface area is 411 Å². The van der Waals surface area contributed by atoms with Gasteiger partial charge in [-0.15, -0.1) is 0 Å². The molecule has 26 heteroatoms. The van der Waals surface area contributed by atoms with Gasteiger partial charge in [0.05, 0.1) is 19.0 Å². The highest BCUT2D eigenvalue weighted by Crippen LogP contribution is 2.20. The van der Waals surface area contributed by atoms with Crippen LogP contribution in [-0.4, -0.2) is 148 Å². The highest BCUT2D eigenvalue weighted by Gasteiger charge is 2.40. The van der Waals surface area contributed by atoms with Crippen molar-refractivity contribution in [2.75, 3.05) is 24.6 Å². The molecular formula is C43H68N12O12S2. The predicted molar refractivity (Wildman–Crippen MR) is 257 cm³/mol. The minimum Gasteiger partial charge on any atom is -0.508 e. The molecule has 2 rings (SSSR count). The van der Waals surface area contributed by atoms with E-state index in [1.54, 1.807) is 13.8 Å². The lowest BCUT2D eigenvalue weighted by molar-refractivity contribution is -0.142. The first-order valence-electron chi connectivity index (χ1n) is 22.4. The molecule has 0 spiro atoms. The van der Waals surface area contributed by atoms with Gasteiger partial charge in [0.25, 0.3) is 0 Å². The number of benzene rings is 1. The summed E-state index contributed by atoms with van der Waals surface area (Å²) in [7, 11) is 0. The van der Waals surface area contributed by atoms with Gasteiger partial charge in [-0.05, 0) is 55.2 Å². The van der Waals surface area contributed by atoms with Crippen LogP contribution in [0, 0.1) is 11.8 Å². The summed E-state index contributed by atoms with van der Waals surface area (Å²) < 4.78 is 0. The second-order valence-corrected chi connectivity index (χ2v) is 17.9. The van der Waals surface area contributed by atoms with Gasteiger partial charge in [-0.25, -0.2) is 0 Å². The number of phenolic OH excluding ortho intramolecular Hbond substituents is 1. The lowest BCUT2D eigenvalue weighted by atomic mass is 9.96. The van der Waals surface area contributed by atoms with Crippen molar-refractivity contribution in [2.24, 2.45) is 34.8 Å². The summed E-state index contributed by atoms with van der Waals surface area (Å²) in [6.07, 6.45) is -0.672. The summed E-state index contributed by atoms with van der Waals surface area (Å²) in [4.78, 5) is 145. The number of hydrogen-bond acceptors (Lipinski definition) is 15. The molecule has 384 valence electrons. The maximum Gasteiger partial charge on any atom is 0.246 e. The van der Waals surface area contributed by atoms with E-state index in [4.69, 9.17) is 22.9 Å². The average Bonchev–Trinajstić information content (AvgIpc) is 3.79. The van der Waals surface area contributed by atoms with E-state index in [9.17, 15) is 57.8 Å². The summed E-state index contributed by atoms with van der Waals surface area (Å²) in [5.74, 6) is -10.5. The van der Waals surface area contributed by atoms with E-state index in [-0.39, 0.29) is 49.0 Å². The molecule has 0 bridgehead atoms. The van der Waals surface area contributed by atoms with Crippen molar-refractivity contribution >= 4 is 90.2 Å². The first-order chi connectivity index (χ1) is 32.4. The number of likely N-dealkylation sites (tertiary alicyclic amines) is 1. The number of carbonyl (C=O) groups excluding carboxylic acids is 11. The van der Waals surface area contributed by atoms with Gasteiger partial charge in [0.2, 0.25) is 65.0 Å². The van der Waals surface area contributed by atoms with Gasteiger partial charge in [-0.2, -0.15) is 25.3 Å². The Morgan fingerprint density at radius 2 is 1.28 bits per heavy atom. The number of rotatable bonds is 29. The van der Waals surface area contributed by atoms with Crippen molar-refractivity contribution in [2.45, 2.75) is 127 Å². The minimum atomic E-state index is -1.76. The minimum absolute atomic E-state index is 0.0424. The molecule has 1 aromatic carbocycles. The molecule has 1 heterocycles. The fourth-order valence-corrected chi connectivity index (χ4v) is 7.54. The Hall–Kier alpha value is -6.15. The molecule has 69 heavy (non-hydrogen) atoms. The van der Waals surface area contributed by atoms with Crippen LogP contribution in [0.5, 0.6) is 5.75 Å². The molecule has 1 aliphatic rings. The van der Waals surface area contributed by atoms with Crippen LogP contribution in [0.3, 0.4) is 0 Å². The third-order valence-corrected chi connectivity index (χ3v) is 11.9. The molecule has 0 saturated carbocycles.